The van der Waals surface area contributed by atoms with Gasteiger partial charge >= 0.3 is 0 Å². The van der Waals surface area contributed by atoms with Crippen molar-refractivity contribution in [2.75, 3.05) is 0 Å². The van der Waals surface area contributed by atoms with Crippen molar-refractivity contribution in [2.45, 2.75) is 38.6 Å². The minimum absolute atomic E-state index is 0.0253. The van der Waals surface area contributed by atoms with Crippen LogP contribution in [-0.4, -0.2) is 17.5 Å². The first-order valence-corrected chi connectivity index (χ1v) is 8.80. The minimum Gasteiger partial charge on any atom is -0.348 e. The number of ketones is 2. The van der Waals surface area contributed by atoms with E-state index in [-0.39, 0.29) is 23.7 Å². The summed E-state index contributed by atoms with van der Waals surface area (Å²) in [6.07, 6.45) is 0.131. The van der Waals surface area contributed by atoms with Crippen molar-refractivity contribution in [2.24, 2.45) is 5.92 Å². The lowest BCUT2D eigenvalue weighted by Crippen LogP contribution is -2.47. The van der Waals surface area contributed by atoms with Crippen LogP contribution in [0.25, 0.3) is 0 Å². The molecule has 3 rings (SSSR count). The van der Waals surface area contributed by atoms with Crippen LogP contribution in [0.15, 0.2) is 54.6 Å². The van der Waals surface area contributed by atoms with Gasteiger partial charge in [0.15, 0.2) is 17.5 Å². The zero-order valence-corrected chi connectivity index (χ0v) is 15.3. The van der Waals surface area contributed by atoms with E-state index >= 15 is 0 Å². The predicted octanol–water partition coefficient (Wildman–Crippen LogP) is 3.61. The van der Waals surface area contributed by atoms with Crippen LogP contribution in [0.3, 0.4) is 0 Å². The maximum atomic E-state index is 12.7. The molecule has 2 unspecified atom stereocenters. The SMILES string of the molecule is CC(C)(C)c1ccc(C(=O)C2C(=O)CC(c3ccccc3)NC2=O)cc1. The molecule has 1 heterocycles. The molecule has 0 aromatic heterocycles. The number of amides is 1. The van der Waals surface area contributed by atoms with Gasteiger partial charge in [-0.1, -0.05) is 75.4 Å². The molecule has 0 radical (unpaired) electrons. The third kappa shape index (κ3) is 3.59. The number of hydrogen-bond donors (Lipinski definition) is 1. The molecule has 0 aliphatic carbocycles. The summed E-state index contributed by atoms with van der Waals surface area (Å²) < 4.78 is 0. The number of carbonyl (C=O) groups is 3. The lowest BCUT2D eigenvalue weighted by Gasteiger charge is -2.28. The van der Waals surface area contributed by atoms with E-state index in [1.165, 1.54) is 0 Å². The second-order valence-corrected chi connectivity index (χ2v) is 7.77. The number of piperidine rings is 1. The molecule has 4 heteroatoms. The standard InChI is InChI=1S/C22H23NO3/c1-22(2,3)16-11-9-15(10-12-16)20(25)19-18(24)13-17(23-21(19)26)14-7-5-4-6-8-14/h4-12,17,19H,13H2,1-3H3,(H,23,26). The van der Waals surface area contributed by atoms with Crippen molar-refractivity contribution < 1.29 is 14.4 Å². The van der Waals surface area contributed by atoms with Crippen LogP contribution in [0.4, 0.5) is 0 Å². The highest BCUT2D eigenvalue weighted by atomic mass is 16.2. The average Bonchev–Trinajstić information content (AvgIpc) is 2.61. The molecule has 4 nitrogen and oxygen atoms in total. The van der Waals surface area contributed by atoms with Crippen molar-refractivity contribution in [3.63, 3.8) is 0 Å². The second kappa shape index (κ2) is 6.87. The van der Waals surface area contributed by atoms with Crippen molar-refractivity contribution >= 4 is 17.5 Å². The summed E-state index contributed by atoms with van der Waals surface area (Å²) in [4.78, 5) is 37.8. The molecule has 1 aliphatic heterocycles. The third-order valence-corrected chi connectivity index (χ3v) is 4.81. The van der Waals surface area contributed by atoms with Gasteiger partial charge in [0.1, 0.15) is 0 Å². The molecule has 0 saturated carbocycles. The summed E-state index contributed by atoms with van der Waals surface area (Å²) in [5, 5.41) is 2.82. The van der Waals surface area contributed by atoms with E-state index in [9.17, 15) is 14.4 Å². The quantitative estimate of drug-likeness (QED) is 0.680. The predicted molar refractivity (Wildman–Crippen MR) is 99.9 cm³/mol. The Morgan fingerprint density at radius 3 is 2.12 bits per heavy atom. The lowest BCUT2D eigenvalue weighted by molar-refractivity contribution is -0.136. The van der Waals surface area contributed by atoms with Crippen LogP contribution in [-0.2, 0) is 15.0 Å². The van der Waals surface area contributed by atoms with Gasteiger partial charge in [-0.2, -0.15) is 0 Å². The van der Waals surface area contributed by atoms with Crippen LogP contribution < -0.4 is 5.32 Å². The largest absolute Gasteiger partial charge is 0.348 e. The van der Waals surface area contributed by atoms with E-state index in [2.05, 4.69) is 26.1 Å². The number of rotatable bonds is 3. The number of carbonyl (C=O) groups excluding carboxylic acids is 3. The molecular formula is C22H23NO3. The summed E-state index contributed by atoms with van der Waals surface area (Å²) >= 11 is 0. The van der Waals surface area contributed by atoms with Gasteiger partial charge < -0.3 is 5.32 Å². The fourth-order valence-electron chi connectivity index (χ4n) is 3.22. The summed E-state index contributed by atoms with van der Waals surface area (Å²) in [6, 6.07) is 16.1. The molecule has 1 amide bonds. The lowest BCUT2D eigenvalue weighted by atomic mass is 9.83. The van der Waals surface area contributed by atoms with Gasteiger partial charge in [0.25, 0.3) is 0 Å². The Morgan fingerprint density at radius 1 is 0.962 bits per heavy atom. The Kier molecular flexibility index (Phi) is 4.77. The molecule has 1 saturated heterocycles. The molecule has 2 aromatic rings. The van der Waals surface area contributed by atoms with Gasteiger partial charge in [-0.3, -0.25) is 14.4 Å². The van der Waals surface area contributed by atoms with E-state index in [0.29, 0.717) is 5.56 Å². The maximum absolute atomic E-state index is 12.7. The summed E-state index contributed by atoms with van der Waals surface area (Å²) in [5.74, 6) is -2.53. The van der Waals surface area contributed by atoms with Crippen LogP contribution in [0.5, 0.6) is 0 Å². The van der Waals surface area contributed by atoms with E-state index in [1.54, 1.807) is 12.1 Å². The zero-order chi connectivity index (χ0) is 18.9. The molecule has 1 fully saturated rings. The van der Waals surface area contributed by atoms with Crippen LogP contribution in [0.2, 0.25) is 0 Å². The van der Waals surface area contributed by atoms with Gasteiger partial charge in [0.2, 0.25) is 5.91 Å². The highest BCUT2D eigenvalue weighted by molar-refractivity contribution is 6.24. The van der Waals surface area contributed by atoms with Crippen LogP contribution >= 0.6 is 0 Å². The zero-order valence-electron chi connectivity index (χ0n) is 15.3. The van der Waals surface area contributed by atoms with Crippen molar-refractivity contribution in [3.05, 3.63) is 71.3 Å². The Hall–Kier alpha value is -2.75. The number of benzene rings is 2. The van der Waals surface area contributed by atoms with Gasteiger partial charge in [-0.25, -0.2) is 0 Å². The van der Waals surface area contributed by atoms with Crippen molar-refractivity contribution in [3.8, 4) is 0 Å². The molecule has 2 aromatic carbocycles. The van der Waals surface area contributed by atoms with Gasteiger partial charge in [0, 0.05) is 12.0 Å². The molecular weight excluding hydrogens is 326 g/mol. The van der Waals surface area contributed by atoms with Crippen molar-refractivity contribution in [1.82, 2.24) is 5.32 Å². The average molecular weight is 349 g/mol. The molecule has 1 N–H and O–H groups in total. The summed E-state index contributed by atoms with van der Waals surface area (Å²) in [6.45, 7) is 6.27. The van der Waals surface area contributed by atoms with E-state index in [0.717, 1.165) is 11.1 Å². The first-order chi connectivity index (χ1) is 12.3. The fraction of sp³-hybridized carbons (Fsp3) is 0.318. The minimum atomic E-state index is -1.25. The monoisotopic (exact) mass is 349 g/mol. The molecule has 1 aliphatic rings. The maximum Gasteiger partial charge on any atom is 0.239 e. The Labute approximate surface area is 153 Å². The number of nitrogens with one attached hydrogen (secondary N) is 1. The van der Waals surface area contributed by atoms with E-state index in [1.807, 2.05) is 42.5 Å². The van der Waals surface area contributed by atoms with Crippen molar-refractivity contribution in [1.29, 1.82) is 0 Å². The molecule has 0 bridgehead atoms. The summed E-state index contributed by atoms with van der Waals surface area (Å²) in [5.41, 5.74) is 2.33. The third-order valence-electron chi connectivity index (χ3n) is 4.81. The van der Waals surface area contributed by atoms with E-state index in [4.69, 9.17) is 0 Å². The molecule has 26 heavy (non-hydrogen) atoms. The number of Topliss-reactive ketones (excluding diaryl/α,β-unsaturated/α-hetero) is 2. The highest BCUT2D eigenvalue weighted by Crippen LogP contribution is 2.27. The fourth-order valence-corrected chi connectivity index (χ4v) is 3.22. The smallest absolute Gasteiger partial charge is 0.239 e. The molecule has 134 valence electrons. The number of hydrogen-bond acceptors (Lipinski definition) is 3. The summed E-state index contributed by atoms with van der Waals surface area (Å²) in [7, 11) is 0. The Bertz CT molecular complexity index is 814. The second-order valence-electron chi connectivity index (χ2n) is 7.77. The Morgan fingerprint density at radius 2 is 1.58 bits per heavy atom. The van der Waals surface area contributed by atoms with Crippen LogP contribution in [0.1, 0.15) is 54.7 Å². The molecule has 2 atom stereocenters. The van der Waals surface area contributed by atoms with Gasteiger partial charge in [0.05, 0.1) is 6.04 Å². The topological polar surface area (TPSA) is 63.2 Å². The Balaban J connectivity index is 1.78. The van der Waals surface area contributed by atoms with E-state index < -0.39 is 17.6 Å². The van der Waals surface area contributed by atoms with Crippen LogP contribution in [0, 0.1) is 5.92 Å². The van der Waals surface area contributed by atoms with Gasteiger partial charge in [-0.15, -0.1) is 0 Å². The first-order valence-electron chi connectivity index (χ1n) is 8.80. The first kappa shape index (κ1) is 18.1. The van der Waals surface area contributed by atoms with Gasteiger partial charge in [-0.05, 0) is 16.5 Å². The highest BCUT2D eigenvalue weighted by Gasteiger charge is 2.40. The molecule has 0 spiro atoms. The normalized spacial score (nSPS) is 20.6.